The van der Waals surface area contributed by atoms with Gasteiger partial charge in [0.25, 0.3) is 0 Å². The smallest absolute Gasteiger partial charge is 0.248 e. The van der Waals surface area contributed by atoms with Gasteiger partial charge in [-0.1, -0.05) is 6.07 Å². The Bertz CT molecular complexity index is 496. The molecule has 0 saturated carbocycles. The van der Waals surface area contributed by atoms with E-state index in [9.17, 15) is 9.18 Å². The number of nitrogens with two attached hydrogens (primary N) is 1. The van der Waals surface area contributed by atoms with Gasteiger partial charge in [0.15, 0.2) is 0 Å². The molecule has 1 heterocycles. The molecule has 1 aliphatic heterocycles. The first-order valence-electron chi connectivity index (χ1n) is 6.93. The van der Waals surface area contributed by atoms with Gasteiger partial charge in [0.2, 0.25) is 5.91 Å². The molecule has 0 bridgehead atoms. The van der Waals surface area contributed by atoms with Gasteiger partial charge in [-0.05, 0) is 38.9 Å². The van der Waals surface area contributed by atoms with Gasteiger partial charge in [-0.3, -0.25) is 9.69 Å². The quantitative estimate of drug-likeness (QED) is 0.878. The van der Waals surface area contributed by atoms with Gasteiger partial charge in [-0.15, -0.1) is 0 Å². The molecule has 1 fully saturated rings. The van der Waals surface area contributed by atoms with Crippen molar-refractivity contribution >= 4 is 5.91 Å². The second-order valence-electron chi connectivity index (χ2n) is 5.76. The Morgan fingerprint density at radius 2 is 2.10 bits per heavy atom. The molecule has 1 aromatic carbocycles. The first-order chi connectivity index (χ1) is 9.43. The van der Waals surface area contributed by atoms with E-state index in [-0.39, 0.29) is 16.9 Å². The number of piperidine rings is 1. The number of amides is 1. The van der Waals surface area contributed by atoms with Gasteiger partial charge in [0, 0.05) is 36.3 Å². The van der Waals surface area contributed by atoms with E-state index in [4.69, 9.17) is 5.73 Å². The lowest BCUT2D eigenvalue weighted by Crippen LogP contribution is -2.49. The second kappa shape index (κ2) is 5.89. The van der Waals surface area contributed by atoms with Crippen LogP contribution in [0.2, 0.25) is 0 Å². The summed E-state index contributed by atoms with van der Waals surface area (Å²) in [5, 5.41) is 3.34. The van der Waals surface area contributed by atoms with Crippen molar-refractivity contribution in [1.29, 1.82) is 0 Å². The Hall–Kier alpha value is -1.46. The minimum Gasteiger partial charge on any atom is -0.366 e. The summed E-state index contributed by atoms with van der Waals surface area (Å²) < 4.78 is 13.9. The van der Waals surface area contributed by atoms with E-state index >= 15 is 0 Å². The zero-order valence-corrected chi connectivity index (χ0v) is 12.1. The number of hydrogen-bond donors (Lipinski definition) is 2. The fourth-order valence-corrected chi connectivity index (χ4v) is 2.52. The Kier molecular flexibility index (Phi) is 4.40. The number of carbonyl (C=O) groups excluding carboxylic acids is 1. The zero-order valence-electron chi connectivity index (χ0n) is 12.1. The number of halogens is 1. The average molecular weight is 279 g/mol. The van der Waals surface area contributed by atoms with Gasteiger partial charge < -0.3 is 11.1 Å². The Morgan fingerprint density at radius 1 is 1.45 bits per heavy atom. The first-order valence-corrected chi connectivity index (χ1v) is 6.93. The van der Waals surface area contributed by atoms with Crippen molar-refractivity contribution < 1.29 is 9.18 Å². The molecule has 2 rings (SSSR count). The van der Waals surface area contributed by atoms with Gasteiger partial charge in [-0.25, -0.2) is 4.39 Å². The molecule has 1 aliphatic rings. The van der Waals surface area contributed by atoms with Gasteiger partial charge >= 0.3 is 0 Å². The third-order valence-electron chi connectivity index (χ3n) is 4.29. The van der Waals surface area contributed by atoms with Crippen LogP contribution in [0.1, 0.15) is 35.7 Å². The Balaban J connectivity index is 2.00. The summed E-state index contributed by atoms with van der Waals surface area (Å²) >= 11 is 0. The molecular formula is C15H22FN3O. The summed E-state index contributed by atoms with van der Waals surface area (Å²) in [6.45, 7) is 4.67. The third-order valence-corrected chi connectivity index (χ3v) is 4.29. The molecule has 5 heteroatoms. The number of nitrogens with zero attached hydrogens (tertiary/aromatic N) is 1. The molecular weight excluding hydrogens is 257 g/mol. The van der Waals surface area contributed by atoms with E-state index in [0.717, 1.165) is 25.9 Å². The highest BCUT2D eigenvalue weighted by atomic mass is 19.1. The van der Waals surface area contributed by atoms with Crippen molar-refractivity contribution in [2.24, 2.45) is 5.73 Å². The summed E-state index contributed by atoms with van der Waals surface area (Å²) in [7, 11) is 1.98. The van der Waals surface area contributed by atoms with Crippen LogP contribution >= 0.6 is 0 Å². The number of rotatable bonds is 4. The van der Waals surface area contributed by atoms with E-state index in [1.54, 1.807) is 12.1 Å². The first kappa shape index (κ1) is 14.9. The lowest BCUT2D eigenvalue weighted by atomic mass is 9.90. The van der Waals surface area contributed by atoms with Crippen LogP contribution in [-0.2, 0) is 6.54 Å². The maximum Gasteiger partial charge on any atom is 0.248 e. The number of carbonyl (C=O) groups is 1. The predicted octanol–water partition coefficient (Wildman–Crippen LogP) is 1.50. The molecule has 0 aliphatic carbocycles. The maximum absolute atomic E-state index is 13.9. The number of likely N-dealkylation sites (tertiary alicyclic amines) is 1. The van der Waals surface area contributed by atoms with Gasteiger partial charge in [0.1, 0.15) is 5.82 Å². The summed E-state index contributed by atoms with van der Waals surface area (Å²) in [5.74, 6) is -0.957. The molecule has 3 N–H and O–H groups in total. The molecule has 20 heavy (non-hydrogen) atoms. The highest BCUT2D eigenvalue weighted by Crippen LogP contribution is 2.23. The molecule has 0 aromatic heterocycles. The number of hydrogen-bond acceptors (Lipinski definition) is 3. The lowest BCUT2D eigenvalue weighted by Gasteiger charge is -2.39. The lowest BCUT2D eigenvalue weighted by molar-refractivity contribution is 0.0999. The van der Waals surface area contributed by atoms with Crippen molar-refractivity contribution in [2.45, 2.75) is 31.8 Å². The Morgan fingerprint density at radius 3 is 2.60 bits per heavy atom. The molecule has 0 unspecified atom stereocenters. The average Bonchev–Trinajstić information content (AvgIpc) is 2.43. The van der Waals surface area contributed by atoms with Crippen LogP contribution in [-0.4, -0.2) is 36.5 Å². The van der Waals surface area contributed by atoms with Gasteiger partial charge in [0.05, 0.1) is 0 Å². The molecule has 0 spiro atoms. The SMILES string of the molecule is CNC1(C)CCN(Cc2ccc(C(N)=O)cc2F)CC1. The van der Waals surface area contributed by atoms with E-state index in [0.29, 0.717) is 12.1 Å². The van der Waals surface area contributed by atoms with Crippen LogP contribution in [0.3, 0.4) is 0 Å². The number of benzene rings is 1. The molecule has 4 nitrogen and oxygen atoms in total. The van der Waals surface area contributed by atoms with Crippen LogP contribution in [0.25, 0.3) is 0 Å². The monoisotopic (exact) mass is 279 g/mol. The molecule has 1 aromatic rings. The van der Waals surface area contributed by atoms with Crippen molar-refractivity contribution in [3.05, 3.63) is 35.1 Å². The third kappa shape index (κ3) is 3.35. The van der Waals surface area contributed by atoms with Crippen LogP contribution in [0.4, 0.5) is 4.39 Å². The van der Waals surface area contributed by atoms with E-state index in [1.807, 2.05) is 7.05 Å². The fraction of sp³-hybridized carbons (Fsp3) is 0.533. The predicted molar refractivity (Wildman–Crippen MR) is 76.9 cm³/mol. The van der Waals surface area contributed by atoms with Crippen LogP contribution < -0.4 is 11.1 Å². The van der Waals surface area contributed by atoms with Crippen LogP contribution in [0.5, 0.6) is 0 Å². The molecule has 110 valence electrons. The van der Waals surface area contributed by atoms with Crippen molar-refractivity contribution in [2.75, 3.05) is 20.1 Å². The summed E-state index contributed by atoms with van der Waals surface area (Å²) in [5.41, 5.74) is 6.15. The number of primary amides is 1. The minimum atomic E-state index is -0.599. The van der Waals surface area contributed by atoms with Gasteiger partial charge in [-0.2, -0.15) is 0 Å². The molecule has 0 atom stereocenters. The van der Waals surface area contributed by atoms with Crippen LogP contribution in [0.15, 0.2) is 18.2 Å². The molecule has 0 radical (unpaired) electrons. The van der Waals surface area contributed by atoms with E-state index in [2.05, 4.69) is 17.1 Å². The summed E-state index contributed by atoms with van der Waals surface area (Å²) in [4.78, 5) is 13.2. The highest BCUT2D eigenvalue weighted by molar-refractivity contribution is 5.92. The largest absolute Gasteiger partial charge is 0.366 e. The molecule has 1 amide bonds. The standard InChI is InChI=1S/C15H22FN3O/c1-15(18-2)5-7-19(8-6-15)10-12-4-3-11(14(17)20)9-13(12)16/h3-4,9,18H,5-8,10H2,1-2H3,(H2,17,20). The van der Waals surface area contributed by atoms with E-state index < -0.39 is 5.91 Å². The Labute approximate surface area is 119 Å². The van der Waals surface area contributed by atoms with Crippen molar-refractivity contribution in [3.8, 4) is 0 Å². The molecule has 1 saturated heterocycles. The van der Waals surface area contributed by atoms with Crippen molar-refractivity contribution in [1.82, 2.24) is 10.2 Å². The fourth-order valence-electron chi connectivity index (χ4n) is 2.52. The maximum atomic E-state index is 13.9. The van der Waals surface area contributed by atoms with Crippen molar-refractivity contribution in [3.63, 3.8) is 0 Å². The highest BCUT2D eigenvalue weighted by Gasteiger charge is 2.28. The van der Waals surface area contributed by atoms with E-state index in [1.165, 1.54) is 6.07 Å². The summed E-state index contributed by atoms with van der Waals surface area (Å²) in [6.07, 6.45) is 2.09. The number of nitrogens with one attached hydrogen (secondary N) is 1. The normalized spacial score (nSPS) is 18.9. The van der Waals surface area contributed by atoms with Crippen LogP contribution in [0, 0.1) is 5.82 Å². The topological polar surface area (TPSA) is 58.4 Å². The summed E-state index contributed by atoms with van der Waals surface area (Å²) in [6, 6.07) is 4.46. The second-order valence-corrected chi connectivity index (χ2v) is 5.76. The zero-order chi connectivity index (χ0) is 14.8. The minimum absolute atomic E-state index is 0.185.